The van der Waals surface area contributed by atoms with Crippen molar-refractivity contribution in [2.75, 3.05) is 6.61 Å². The molecule has 0 saturated carbocycles. The summed E-state index contributed by atoms with van der Waals surface area (Å²) in [6.07, 6.45) is 0. The Hall–Kier alpha value is -2.45. The maximum absolute atomic E-state index is 12.2. The van der Waals surface area contributed by atoms with Crippen LogP contribution in [0.5, 0.6) is 5.75 Å². The number of carbonyl (C=O) groups excluding carboxylic acids is 2. The number of halogens is 1. The Morgan fingerprint density at radius 3 is 2.54 bits per heavy atom. The second kappa shape index (κ2) is 10.2. The fraction of sp³-hybridized carbons (Fsp3) is 0.250. The molecule has 2 amide bonds. The topological polar surface area (TPSA) is 79.5 Å². The number of thiocarbonyl (C=S) groups is 1. The third kappa shape index (κ3) is 6.31. The van der Waals surface area contributed by atoms with Crippen molar-refractivity contribution in [3.05, 3.63) is 63.6 Å². The SMILES string of the molecule is Cc1ccc(C(=O)NC(=S)NNC(=O)COc2ccccc2C(C)C)cc1Br. The van der Waals surface area contributed by atoms with Gasteiger partial charge in [0.1, 0.15) is 5.75 Å². The molecule has 0 fully saturated rings. The number of ether oxygens (including phenoxy) is 1. The highest BCUT2D eigenvalue weighted by Crippen LogP contribution is 2.25. The molecule has 0 heterocycles. The maximum atomic E-state index is 12.2. The highest BCUT2D eigenvalue weighted by molar-refractivity contribution is 9.10. The smallest absolute Gasteiger partial charge is 0.276 e. The zero-order valence-corrected chi connectivity index (χ0v) is 18.2. The lowest BCUT2D eigenvalue weighted by atomic mass is 10.0. The Morgan fingerprint density at radius 1 is 1.14 bits per heavy atom. The fourth-order valence-corrected chi connectivity index (χ4v) is 2.86. The van der Waals surface area contributed by atoms with Crippen molar-refractivity contribution in [3.63, 3.8) is 0 Å². The van der Waals surface area contributed by atoms with Gasteiger partial charge in [0, 0.05) is 10.0 Å². The first-order valence-electron chi connectivity index (χ1n) is 8.66. The number of amides is 2. The molecule has 0 atom stereocenters. The molecular formula is C20H22BrN3O3S. The van der Waals surface area contributed by atoms with Crippen molar-refractivity contribution in [2.24, 2.45) is 0 Å². The van der Waals surface area contributed by atoms with Gasteiger partial charge in [-0.2, -0.15) is 0 Å². The number of benzene rings is 2. The van der Waals surface area contributed by atoms with Gasteiger partial charge in [-0.25, -0.2) is 0 Å². The summed E-state index contributed by atoms with van der Waals surface area (Å²) in [5, 5.41) is 2.49. The van der Waals surface area contributed by atoms with E-state index in [1.165, 1.54) is 0 Å². The van der Waals surface area contributed by atoms with Gasteiger partial charge in [-0.1, -0.05) is 54.0 Å². The van der Waals surface area contributed by atoms with E-state index in [2.05, 4.69) is 45.9 Å². The van der Waals surface area contributed by atoms with E-state index in [-0.39, 0.29) is 23.5 Å². The van der Waals surface area contributed by atoms with Crippen LogP contribution < -0.4 is 20.9 Å². The van der Waals surface area contributed by atoms with Gasteiger partial charge in [0.15, 0.2) is 11.7 Å². The van der Waals surface area contributed by atoms with Crippen molar-refractivity contribution in [3.8, 4) is 5.75 Å². The van der Waals surface area contributed by atoms with Gasteiger partial charge in [-0.15, -0.1) is 0 Å². The van der Waals surface area contributed by atoms with Crippen LogP contribution in [-0.2, 0) is 4.79 Å². The number of hydrogen-bond donors (Lipinski definition) is 3. The zero-order chi connectivity index (χ0) is 20.7. The summed E-state index contributed by atoms with van der Waals surface area (Å²) in [5.74, 6) is 0.137. The van der Waals surface area contributed by atoms with Crippen molar-refractivity contribution in [1.29, 1.82) is 0 Å². The lowest BCUT2D eigenvalue weighted by Gasteiger charge is -2.14. The minimum atomic E-state index is -0.423. The summed E-state index contributed by atoms with van der Waals surface area (Å²) in [6, 6.07) is 12.8. The van der Waals surface area contributed by atoms with Gasteiger partial charge in [-0.3, -0.25) is 25.8 Å². The van der Waals surface area contributed by atoms with Gasteiger partial charge < -0.3 is 4.74 Å². The molecule has 2 aromatic rings. The fourth-order valence-electron chi connectivity index (χ4n) is 2.34. The Balaban J connectivity index is 1.80. The quantitative estimate of drug-likeness (QED) is 0.466. The van der Waals surface area contributed by atoms with E-state index < -0.39 is 5.91 Å². The van der Waals surface area contributed by atoms with Crippen LogP contribution in [0.3, 0.4) is 0 Å². The summed E-state index contributed by atoms with van der Waals surface area (Å²) in [7, 11) is 0. The van der Waals surface area contributed by atoms with E-state index in [1.807, 2.05) is 37.3 Å². The molecule has 8 heteroatoms. The molecule has 3 N–H and O–H groups in total. The maximum Gasteiger partial charge on any atom is 0.276 e. The third-order valence-electron chi connectivity index (χ3n) is 3.88. The second-order valence-corrected chi connectivity index (χ2v) is 7.66. The van der Waals surface area contributed by atoms with E-state index >= 15 is 0 Å². The van der Waals surface area contributed by atoms with Crippen molar-refractivity contribution < 1.29 is 14.3 Å². The van der Waals surface area contributed by atoms with Gasteiger partial charge in [0.05, 0.1) is 0 Å². The van der Waals surface area contributed by atoms with Gasteiger partial charge in [0.2, 0.25) is 0 Å². The van der Waals surface area contributed by atoms with Crippen LogP contribution in [0.1, 0.15) is 41.3 Å². The average molecular weight is 464 g/mol. The largest absolute Gasteiger partial charge is 0.483 e. The minimum absolute atomic E-state index is 0.0161. The van der Waals surface area contributed by atoms with Gasteiger partial charge in [-0.05, 0) is 54.4 Å². The minimum Gasteiger partial charge on any atom is -0.483 e. The molecule has 0 saturated heterocycles. The first-order chi connectivity index (χ1) is 13.3. The summed E-state index contributed by atoms with van der Waals surface area (Å²) < 4.78 is 6.40. The molecular weight excluding hydrogens is 442 g/mol. The molecule has 0 aliphatic rings. The molecule has 0 aliphatic carbocycles. The molecule has 0 radical (unpaired) electrons. The number of carbonyl (C=O) groups is 2. The predicted octanol–water partition coefficient (Wildman–Crippen LogP) is 3.60. The molecule has 0 unspecified atom stereocenters. The number of hydrazine groups is 1. The number of aryl methyl sites for hydroxylation is 1. The highest BCUT2D eigenvalue weighted by atomic mass is 79.9. The van der Waals surface area contributed by atoms with Gasteiger partial charge >= 0.3 is 0 Å². The van der Waals surface area contributed by atoms with Gasteiger partial charge in [0.25, 0.3) is 11.8 Å². The molecule has 6 nitrogen and oxygen atoms in total. The van der Waals surface area contributed by atoms with Crippen LogP contribution in [0.25, 0.3) is 0 Å². The molecule has 0 aromatic heterocycles. The van der Waals surface area contributed by atoms with Crippen LogP contribution >= 0.6 is 28.1 Å². The van der Waals surface area contributed by atoms with Crippen LogP contribution in [0.15, 0.2) is 46.9 Å². The highest BCUT2D eigenvalue weighted by Gasteiger charge is 2.11. The number of hydrogen-bond acceptors (Lipinski definition) is 4. The normalized spacial score (nSPS) is 10.3. The lowest BCUT2D eigenvalue weighted by Crippen LogP contribution is -2.49. The average Bonchev–Trinajstić information content (AvgIpc) is 2.66. The monoisotopic (exact) mass is 463 g/mol. The Bertz CT molecular complexity index is 887. The van der Waals surface area contributed by atoms with E-state index in [1.54, 1.807) is 12.1 Å². The first kappa shape index (κ1) is 21.8. The van der Waals surface area contributed by atoms with E-state index in [0.29, 0.717) is 11.3 Å². The van der Waals surface area contributed by atoms with Crippen molar-refractivity contribution >= 4 is 45.1 Å². The Morgan fingerprint density at radius 2 is 1.86 bits per heavy atom. The summed E-state index contributed by atoms with van der Waals surface area (Å²) >= 11 is 8.41. The summed E-state index contributed by atoms with van der Waals surface area (Å²) in [6.45, 7) is 5.85. The molecule has 0 spiro atoms. The van der Waals surface area contributed by atoms with Crippen molar-refractivity contribution in [2.45, 2.75) is 26.7 Å². The molecule has 148 valence electrons. The standard InChI is InChI=1S/C20H22BrN3O3S/c1-12(2)15-6-4-5-7-17(15)27-11-18(25)23-24-20(28)22-19(26)14-9-8-13(3)16(21)10-14/h4-10,12H,11H2,1-3H3,(H,23,25)(H2,22,24,26,28). The Labute approximate surface area is 178 Å². The zero-order valence-electron chi connectivity index (χ0n) is 15.8. The van der Waals surface area contributed by atoms with Crippen molar-refractivity contribution in [1.82, 2.24) is 16.2 Å². The number of nitrogens with one attached hydrogen (secondary N) is 3. The Kier molecular flexibility index (Phi) is 7.95. The molecule has 2 aromatic carbocycles. The summed E-state index contributed by atoms with van der Waals surface area (Å²) in [4.78, 5) is 24.1. The van der Waals surface area contributed by atoms with Crippen LogP contribution in [-0.4, -0.2) is 23.5 Å². The number of rotatable bonds is 5. The van der Waals surface area contributed by atoms with E-state index in [9.17, 15) is 9.59 Å². The molecule has 28 heavy (non-hydrogen) atoms. The second-order valence-electron chi connectivity index (χ2n) is 6.40. The van der Waals surface area contributed by atoms with E-state index in [4.69, 9.17) is 17.0 Å². The lowest BCUT2D eigenvalue weighted by molar-refractivity contribution is -0.123. The third-order valence-corrected chi connectivity index (χ3v) is 4.93. The molecule has 0 bridgehead atoms. The summed E-state index contributed by atoms with van der Waals surface area (Å²) in [5.41, 5.74) is 7.38. The van der Waals surface area contributed by atoms with Crippen LogP contribution in [0, 0.1) is 6.92 Å². The molecule has 2 rings (SSSR count). The molecule has 0 aliphatic heterocycles. The number of para-hydroxylation sites is 1. The van der Waals surface area contributed by atoms with Crippen LogP contribution in [0.2, 0.25) is 0 Å². The predicted molar refractivity (Wildman–Crippen MR) is 116 cm³/mol. The van der Waals surface area contributed by atoms with E-state index in [0.717, 1.165) is 15.6 Å². The first-order valence-corrected chi connectivity index (χ1v) is 9.86. The van der Waals surface area contributed by atoms with Crippen LogP contribution in [0.4, 0.5) is 0 Å².